The third kappa shape index (κ3) is 3.72. The van der Waals surface area contributed by atoms with Crippen LogP contribution in [0.2, 0.25) is 0 Å². The standard InChI is InChI=1S/C24H27N3O2/c28-24(12-22-20-5-1-2-6-21(20)23-14-26-16-27(22)23)18-7-9-19(10-8-18)29-15-17-4-3-11-25-13-17/h1-6,11,13-14,16,18-19,22,24,28H,7-10,12,15H2/t18-,19-,22?,24?. The van der Waals surface area contributed by atoms with E-state index in [9.17, 15) is 5.11 Å². The molecule has 0 spiro atoms. The maximum Gasteiger partial charge on any atom is 0.0956 e. The first kappa shape index (κ1) is 18.5. The Kier molecular flexibility index (Phi) is 5.17. The minimum Gasteiger partial charge on any atom is -0.393 e. The monoisotopic (exact) mass is 389 g/mol. The number of rotatable bonds is 6. The average Bonchev–Trinajstić information content (AvgIpc) is 3.36. The molecule has 0 amide bonds. The van der Waals surface area contributed by atoms with Crippen LogP contribution >= 0.6 is 0 Å². The molecule has 1 fully saturated rings. The highest BCUT2D eigenvalue weighted by Crippen LogP contribution is 2.42. The fourth-order valence-electron chi connectivity index (χ4n) is 4.93. The van der Waals surface area contributed by atoms with Gasteiger partial charge in [0.1, 0.15) is 0 Å². The average molecular weight is 389 g/mol. The van der Waals surface area contributed by atoms with Gasteiger partial charge in [-0.1, -0.05) is 30.3 Å². The lowest BCUT2D eigenvalue weighted by Gasteiger charge is -2.32. The highest BCUT2D eigenvalue weighted by Gasteiger charge is 2.33. The molecule has 1 aromatic carbocycles. The highest BCUT2D eigenvalue weighted by molar-refractivity contribution is 5.68. The van der Waals surface area contributed by atoms with E-state index in [0.29, 0.717) is 12.5 Å². The van der Waals surface area contributed by atoms with Gasteiger partial charge >= 0.3 is 0 Å². The molecule has 1 aliphatic heterocycles. The molecule has 5 heteroatoms. The van der Waals surface area contributed by atoms with Crippen LogP contribution in [0, 0.1) is 5.92 Å². The molecule has 29 heavy (non-hydrogen) atoms. The minimum absolute atomic E-state index is 0.179. The van der Waals surface area contributed by atoms with Crippen LogP contribution in [0.5, 0.6) is 0 Å². The zero-order chi connectivity index (χ0) is 19.6. The Morgan fingerprint density at radius 2 is 1.90 bits per heavy atom. The van der Waals surface area contributed by atoms with Crippen molar-refractivity contribution in [2.24, 2.45) is 5.92 Å². The third-order valence-electron chi connectivity index (χ3n) is 6.53. The number of nitrogens with zero attached hydrogens (tertiary/aromatic N) is 3. The smallest absolute Gasteiger partial charge is 0.0956 e. The summed E-state index contributed by atoms with van der Waals surface area (Å²) in [6, 6.07) is 12.7. The van der Waals surface area contributed by atoms with Gasteiger partial charge in [-0.25, -0.2) is 4.98 Å². The number of hydrogen-bond acceptors (Lipinski definition) is 4. The first-order valence-corrected chi connectivity index (χ1v) is 10.6. The van der Waals surface area contributed by atoms with Gasteiger partial charge in [-0.05, 0) is 55.2 Å². The number of pyridine rings is 1. The summed E-state index contributed by atoms with van der Waals surface area (Å²) in [6.45, 7) is 0.619. The first-order chi connectivity index (χ1) is 14.3. The Morgan fingerprint density at radius 1 is 1.03 bits per heavy atom. The molecule has 1 aliphatic carbocycles. The second kappa shape index (κ2) is 8.09. The third-order valence-corrected chi connectivity index (χ3v) is 6.53. The van der Waals surface area contributed by atoms with Crippen molar-refractivity contribution in [2.75, 3.05) is 0 Å². The summed E-state index contributed by atoms with van der Waals surface area (Å²) in [5, 5.41) is 11.0. The van der Waals surface area contributed by atoms with Gasteiger partial charge in [-0.15, -0.1) is 0 Å². The van der Waals surface area contributed by atoms with Crippen molar-refractivity contribution < 1.29 is 9.84 Å². The molecule has 2 atom stereocenters. The van der Waals surface area contributed by atoms with E-state index in [0.717, 1.165) is 43.4 Å². The fraction of sp³-hybridized carbons (Fsp3) is 0.417. The number of hydrogen-bond donors (Lipinski definition) is 1. The number of benzene rings is 1. The maximum atomic E-state index is 11.0. The Morgan fingerprint density at radius 3 is 2.72 bits per heavy atom. The van der Waals surface area contributed by atoms with E-state index < -0.39 is 0 Å². The summed E-state index contributed by atoms with van der Waals surface area (Å²) >= 11 is 0. The Bertz CT molecular complexity index is 948. The van der Waals surface area contributed by atoms with E-state index in [1.54, 1.807) is 6.20 Å². The van der Waals surface area contributed by atoms with Crippen molar-refractivity contribution in [3.05, 3.63) is 72.4 Å². The molecule has 5 rings (SSSR count). The predicted molar refractivity (Wildman–Crippen MR) is 111 cm³/mol. The summed E-state index contributed by atoms with van der Waals surface area (Å²) in [6.07, 6.45) is 12.3. The summed E-state index contributed by atoms with van der Waals surface area (Å²) in [4.78, 5) is 8.47. The molecule has 2 aromatic heterocycles. The van der Waals surface area contributed by atoms with Crippen LogP contribution in [0.1, 0.15) is 49.3 Å². The zero-order valence-electron chi connectivity index (χ0n) is 16.5. The van der Waals surface area contributed by atoms with Gasteiger partial charge in [0.25, 0.3) is 0 Å². The van der Waals surface area contributed by atoms with Gasteiger partial charge in [0.15, 0.2) is 0 Å². The van der Waals surface area contributed by atoms with Gasteiger partial charge in [-0.2, -0.15) is 0 Å². The summed E-state index contributed by atoms with van der Waals surface area (Å²) in [5.41, 5.74) is 4.82. The van der Waals surface area contributed by atoms with Gasteiger partial charge in [0, 0.05) is 18.0 Å². The Balaban J connectivity index is 1.17. The summed E-state index contributed by atoms with van der Waals surface area (Å²) in [7, 11) is 0. The molecule has 2 aliphatic rings. The van der Waals surface area contributed by atoms with Crippen molar-refractivity contribution in [2.45, 2.75) is 57.0 Å². The number of aliphatic hydroxyl groups is 1. The van der Waals surface area contributed by atoms with Gasteiger partial charge in [0.05, 0.1) is 43.1 Å². The van der Waals surface area contributed by atoms with Crippen LogP contribution in [0.4, 0.5) is 0 Å². The van der Waals surface area contributed by atoms with E-state index in [4.69, 9.17) is 4.74 Å². The number of ether oxygens (including phenoxy) is 1. The largest absolute Gasteiger partial charge is 0.393 e. The van der Waals surface area contributed by atoms with Crippen molar-refractivity contribution in [3.63, 3.8) is 0 Å². The van der Waals surface area contributed by atoms with Crippen LogP contribution in [0.25, 0.3) is 11.3 Å². The fourth-order valence-corrected chi connectivity index (χ4v) is 4.93. The summed E-state index contributed by atoms with van der Waals surface area (Å²) in [5.74, 6) is 0.341. The lowest BCUT2D eigenvalue weighted by atomic mass is 9.81. The van der Waals surface area contributed by atoms with Crippen LogP contribution in [-0.2, 0) is 11.3 Å². The molecule has 5 nitrogen and oxygen atoms in total. The van der Waals surface area contributed by atoms with Crippen molar-refractivity contribution in [1.29, 1.82) is 0 Å². The van der Waals surface area contributed by atoms with Crippen LogP contribution in [0.15, 0.2) is 61.3 Å². The zero-order valence-corrected chi connectivity index (χ0v) is 16.5. The van der Waals surface area contributed by atoms with E-state index in [2.05, 4.69) is 38.8 Å². The predicted octanol–water partition coefficient (Wildman–Crippen LogP) is 4.37. The molecule has 2 unspecified atom stereocenters. The van der Waals surface area contributed by atoms with Crippen LogP contribution < -0.4 is 0 Å². The van der Waals surface area contributed by atoms with Crippen LogP contribution in [-0.4, -0.2) is 31.8 Å². The Hall–Kier alpha value is -2.50. The number of aromatic nitrogens is 3. The molecule has 1 N–H and O–H groups in total. The van der Waals surface area contributed by atoms with Crippen molar-refractivity contribution in [3.8, 4) is 11.3 Å². The quantitative estimate of drug-likeness (QED) is 0.680. The molecule has 0 radical (unpaired) electrons. The molecule has 0 bridgehead atoms. The Labute approximate surface area is 171 Å². The summed E-state index contributed by atoms with van der Waals surface area (Å²) < 4.78 is 8.30. The van der Waals surface area contributed by atoms with Crippen LogP contribution in [0.3, 0.4) is 0 Å². The first-order valence-electron chi connectivity index (χ1n) is 10.6. The second-order valence-electron chi connectivity index (χ2n) is 8.30. The molecular formula is C24H27N3O2. The van der Waals surface area contributed by atoms with Gasteiger partial charge in [-0.3, -0.25) is 4.98 Å². The van der Waals surface area contributed by atoms with E-state index in [1.165, 1.54) is 11.1 Å². The lowest BCUT2D eigenvalue weighted by Crippen LogP contribution is -2.30. The van der Waals surface area contributed by atoms with E-state index in [1.807, 2.05) is 30.9 Å². The van der Waals surface area contributed by atoms with Crippen molar-refractivity contribution in [1.82, 2.24) is 14.5 Å². The lowest BCUT2D eigenvalue weighted by molar-refractivity contribution is -0.0160. The normalized spacial score (nSPS) is 24.1. The second-order valence-corrected chi connectivity index (χ2v) is 8.30. The van der Waals surface area contributed by atoms with E-state index in [-0.39, 0.29) is 18.2 Å². The molecule has 3 aromatic rings. The molecular weight excluding hydrogens is 362 g/mol. The highest BCUT2D eigenvalue weighted by atomic mass is 16.5. The molecule has 150 valence electrons. The minimum atomic E-state index is -0.305. The molecule has 0 saturated heterocycles. The molecule has 3 heterocycles. The topological polar surface area (TPSA) is 60.2 Å². The van der Waals surface area contributed by atoms with Gasteiger partial charge < -0.3 is 14.4 Å². The maximum absolute atomic E-state index is 11.0. The SMILES string of the molecule is OC(CC1c2ccccc2-c2cncn21)[C@H]1CC[C@H](OCc2cccnc2)CC1. The van der Waals surface area contributed by atoms with Crippen molar-refractivity contribution >= 4 is 0 Å². The number of aliphatic hydroxyl groups excluding tert-OH is 1. The molecule has 1 saturated carbocycles. The number of fused-ring (bicyclic) bond motifs is 3. The van der Waals surface area contributed by atoms with E-state index >= 15 is 0 Å². The number of imidazole rings is 1. The van der Waals surface area contributed by atoms with Gasteiger partial charge in [0.2, 0.25) is 0 Å².